The second kappa shape index (κ2) is 5.72. The predicted octanol–water partition coefficient (Wildman–Crippen LogP) is 0.998. The molecule has 2 rings (SSSR count). The zero-order valence-electron chi connectivity index (χ0n) is 11.2. The number of carbonyl (C=O) groups is 1. The Bertz CT molecular complexity index is 534. The van der Waals surface area contributed by atoms with E-state index in [-0.39, 0.29) is 23.4 Å². The molecule has 0 N–H and O–H groups in total. The summed E-state index contributed by atoms with van der Waals surface area (Å²) in [5.74, 6) is -0.0708. The molecule has 108 valence electrons. The third-order valence-corrected chi connectivity index (χ3v) is 3.26. The van der Waals surface area contributed by atoms with Crippen molar-refractivity contribution in [2.24, 2.45) is 5.92 Å². The van der Waals surface area contributed by atoms with Gasteiger partial charge in [0.05, 0.1) is 25.1 Å². The number of methoxy groups -OCH3 is 2. The molecule has 1 fully saturated rings. The Morgan fingerprint density at radius 2 is 2.25 bits per heavy atom. The number of nitro groups is 1. The Labute approximate surface area is 115 Å². The lowest BCUT2D eigenvalue weighted by Gasteiger charge is -2.17. The van der Waals surface area contributed by atoms with Crippen molar-refractivity contribution >= 4 is 17.5 Å². The van der Waals surface area contributed by atoms with Crippen LogP contribution in [0.25, 0.3) is 0 Å². The van der Waals surface area contributed by atoms with Crippen molar-refractivity contribution in [1.82, 2.24) is 4.98 Å². The smallest absolute Gasteiger partial charge is 0.311 e. The molecule has 0 spiro atoms. The molecule has 1 aliphatic rings. The number of nitrogens with zero attached hydrogens (tertiary/aromatic N) is 3. The topological polar surface area (TPSA) is 94.8 Å². The number of pyridine rings is 1. The molecule has 0 saturated carbocycles. The minimum atomic E-state index is -0.493. The van der Waals surface area contributed by atoms with Crippen LogP contribution in [-0.2, 0) is 9.53 Å². The van der Waals surface area contributed by atoms with E-state index in [0.717, 1.165) is 0 Å². The first kappa shape index (κ1) is 14.0. The third kappa shape index (κ3) is 2.63. The Morgan fingerprint density at radius 1 is 1.50 bits per heavy atom. The predicted molar refractivity (Wildman–Crippen MR) is 69.8 cm³/mol. The van der Waals surface area contributed by atoms with Crippen molar-refractivity contribution in [2.45, 2.75) is 6.42 Å². The van der Waals surface area contributed by atoms with Gasteiger partial charge in [0.2, 0.25) is 11.7 Å². The van der Waals surface area contributed by atoms with Crippen LogP contribution in [0.3, 0.4) is 0 Å². The maximum atomic E-state index is 11.5. The van der Waals surface area contributed by atoms with Gasteiger partial charge in [0.1, 0.15) is 0 Å². The molecule has 20 heavy (non-hydrogen) atoms. The van der Waals surface area contributed by atoms with Crippen LogP contribution < -0.4 is 9.64 Å². The van der Waals surface area contributed by atoms with Crippen LogP contribution in [0.15, 0.2) is 12.1 Å². The van der Waals surface area contributed by atoms with Crippen molar-refractivity contribution in [3.05, 3.63) is 22.2 Å². The number of hydrogen-bond donors (Lipinski definition) is 0. The van der Waals surface area contributed by atoms with Crippen LogP contribution in [0.4, 0.5) is 11.5 Å². The number of rotatable bonds is 4. The van der Waals surface area contributed by atoms with Gasteiger partial charge in [0, 0.05) is 25.2 Å². The quantitative estimate of drug-likeness (QED) is 0.461. The first-order chi connectivity index (χ1) is 9.56. The minimum absolute atomic E-state index is 0.101. The van der Waals surface area contributed by atoms with Gasteiger partial charge in [0.15, 0.2) is 0 Å². The van der Waals surface area contributed by atoms with E-state index in [1.807, 2.05) is 0 Å². The summed E-state index contributed by atoms with van der Waals surface area (Å²) in [6.07, 6.45) is 0.586. The number of aromatic nitrogens is 1. The van der Waals surface area contributed by atoms with E-state index in [0.29, 0.717) is 25.4 Å². The zero-order chi connectivity index (χ0) is 14.7. The van der Waals surface area contributed by atoms with Gasteiger partial charge in [-0.3, -0.25) is 14.9 Å². The first-order valence-electron chi connectivity index (χ1n) is 6.09. The summed E-state index contributed by atoms with van der Waals surface area (Å²) < 4.78 is 9.69. The van der Waals surface area contributed by atoms with Crippen LogP contribution >= 0.6 is 0 Å². The van der Waals surface area contributed by atoms with Crippen molar-refractivity contribution in [2.75, 3.05) is 32.2 Å². The molecular weight excluding hydrogens is 266 g/mol. The Morgan fingerprint density at radius 3 is 2.85 bits per heavy atom. The van der Waals surface area contributed by atoms with Crippen LogP contribution in [0, 0.1) is 16.0 Å². The molecule has 2 heterocycles. The summed E-state index contributed by atoms with van der Waals surface area (Å²) in [5, 5.41) is 11.1. The van der Waals surface area contributed by atoms with Crippen LogP contribution in [-0.4, -0.2) is 43.2 Å². The molecule has 1 aromatic rings. The fourth-order valence-electron chi connectivity index (χ4n) is 2.22. The van der Waals surface area contributed by atoms with Gasteiger partial charge in [0.25, 0.3) is 0 Å². The first-order valence-corrected chi connectivity index (χ1v) is 6.09. The molecule has 8 nitrogen and oxygen atoms in total. The molecule has 0 bridgehead atoms. The number of ether oxygens (including phenoxy) is 2. The van der Waals surface area contributed by atoms with E-state index in [4.69, 9.17) is 9.47 Å². The fourth-order valence-corrected chi connectivity index (χ4v) is 2.22. The van der Waals surface area contributed by atoms with E-state index >= 15 is 0 Å². The van der Waals surface area contributed by atoms with E-state index in [9.17, 15) is 14.9 Å². The van der Waals surface area contributed by atoms with Crippen molar-refractivity contribution in [3.8, 4) is 5.88 Å². The van der Waals surface area contributed by atoms with Crippen LogP contribution in [0.1, 0.15) is 6.42 Å². The SMILES string of the molecule is COC(=O)C1CCN(c2nc(OC)ccc2[N+](=O)[O-])C1. The number of hydrogen-bond acceptors (Lipinski definition) is 7. The van der Waals surface area contributed by atoms with Gasteiger partial charge in [-0.25, -0.2) is 0 Å². The van der Waals surface area contributed by atoms with Crippen LogP contribution in [0.5, 0.6) is 5.88 Å². The highest BCUT2D eigenvalue weighted by Crippen LogP contribution is 2.32. The van der Waals surface area contributed by atoms with Gasteiger partial charge in [-0.2, -0.15) is 4.98 Å². The lowest BCUT2D eigenvalue weighted by Crippen LogP contribution is -2.25. The zero-order valence-corrected chi connectivity index (χ0v) is 11.2. The molecule has 1 unspecified atom stereocenters. The molecule has 8 heteroatoms. The molecule has 1 aromatic heterocycles. The molecule has 1 saturated heterocycles. The third-order valence-electron chi connectivity index (χ3n) is 3.26. The second-order valence-electron chi connectivity index (χ2n) is 4.41. The van der Waals surface area contributed by atoms with E-state index in [2.05, 4.69) is 4.98 Å². The highest BCUT2D eigenvalue weighted by atomic mass is 16.6. The molecule has 0 aliphatic carbocycles. The minimum Gasteiger partial charge on any atom is -0.481 e. The van der Waals surface area contributed by atoms with Gasteiger partial charge in [-0.15, -0.1) is 0 Å². The Balaban J connectivity index is 2.28. The lowest BCUT2D eigenvalue weighted by molar-refractivity contribution is -0.384. The maximum absolute atomic E-state index is 11.5. The number of carbonyl (C=O) groups excluding carboxylic acids is 1. The summed E-state index contributed by atoms with van der Waals surface area (Å²) in [6, 6.07) is 2.79. The normalized spacial score (nSPS) is 17.9. The summed E-state index contributed by atoms with van der Waals surface area (Å²) in [7, 11) is 2.77. The van der Waals surface area contributed by atoms with E-state index < -0.39 is 4.92 Å². The van der Waals surface area contributed by atoms with Crippen molar-refractivity contribution in [3.63, 3.8) is 0 Å². The molecule has 0 radical (unpaired) electrons. The standard InChI is InChI=1S/C12H15N3O5/c1-19-10-4-3-9(15(17)18)11(13-10)14-6-5-8(7-14)12(16)20-2/h3-4,8H,5-7H2,1-2H3. The summed E-state index contributed by atoms with van der Waals surface area (Å²) >= 11 is 0. The summed E-state index contributed by atoms with van der Waals surface area (Å²) in [5.41, 5.74) is -0.101. The molecule has 0 aromatic carbocycles. The van der Waals surface area contributed by atoms with Crippen molar-refractivity contribution in [1.29, 1.82) is 0 Å². The van der Waals surface area contributed by atoms with Gasteiger partial charge < -0.3 is 14.4 Å². The van der Waals surface area contributed by atoms with E-state index in [1.54, 1.807) is 4.90 Å². The lowest BCUT2D eigenvalue weighted by atomic mass is 10.1. The fraction of sp³-hybridized carbons (Fsp3) is 0.500. The molecule has 0 amide bonds. The largest absolute Gasteiger partial charge is 0.481 e. The van der Waals surface area contributed by atoms with Gasteiger partial charge in [-0.1, -0.05) is 0 Å². The van der Waals surface area contributed by atoms with E-state index in [1.165, 1.54) is 26.4 Å². The average molecular weight is 281 g/mol. The average Bonchev–Trinajstić information content (AvgIpc) is 2.95. The van der Waals surface area contributed by atoms with Gasteiger partial charge >= 0.3 is 11.7 Å². The highest BCUT2D eigenvalue weighted by molar-refractivity contribution is 5.74. The maximum Gasteiger partial charge on any atom is 0.311 e. The summed E-state index contributed by atoms with van der Waals surface area (Å²) in [6.45, 7) is 0.869. The number of anilines is 1. The second-order valence-corrected chi connectivity index (χ2v) is 4.41. The molecule has 1 aliphatic heterocycles. The molecule has 1 atom stereocenters. The summed E-state index contributed by atoms with van der Waals surface area (Å²) in [4.78, 5) is 27.9. The Hall–Kier alpha value is -2.38. The monoisotopic (exact) mass is 281 g/mol. The number of esters is 1. The van der Waals surface area contributed by atoms with Crippen molar-refractivity contribution < 1.29 is 19.2 Å². The van der Waals surface area contributed by atoms with Gasteiger partial charge in [-0.05, 0) is 6.42 Å². The molecular formula is C12H15N3O5. The Kier molecular flexibility index (Phi) is 4.02. The van der Waals surface area contributed by atoms with Crippen LogP contribution in [0.2, 0.25) is 0 Å². The highest BCUT2D eigenvalue weighted by Gasteiger charge is 2.33.